The Morgan fingerprint density at radius 2 is 1.86 bits per heavy atom. The maximum atomic E-state index is 12.2. The van der Waals surface area contributed by atoms with Crippen molar-refractivity contribution in [3.8, 4) is 11.1 Å². The fraction of sp³-hybridized carbons (Fsp3) is 0.294. The van der Waals surface area contributed by atoms with Crippen molar-refractivity contribution in [1.29, 1.82) is 0 Å². The van der Waals surface area contributed by atoms with Crippen molar-refractivity contribution in [3.63, 3.8) is 0 Å². The second kappa shape index (κ2) is 5.56. The molecule has 2 heterocycles. The zero-order chi connectivity index (χ0) is 14.8. The van der Waals surface area contributed by atoms with Crippen LogP contribution in [0.5, 0.6) is 0 Å². The van der Waals surface area contributed by atoms with Crippen molar-refractivity contribution < 1.29 is 0 Å². The summed E-state index contributed by atoms with van der Waals surface area (Å²) in [6.07, 6.45) is 3.68. The molecular formula is C17H19N3O. The summed E-state index contributed by atoms with van der Waals surface area (Å²) in [5.41, 5.74) is 3.59. The Hall–Kier alpha value is -2.36. The molecule has 0 unspecified atom stereocenters. The van der Waals surface area contributed by atoms with Gasteiger partial charge in [0.2, 0.25) is 0 Å². The molecule has 4 heteroatoms. The van der Waals surface area contributed by atoms with Crippen LogP contribution in [0.15, 0.2) is 47.4 Å². The molecule has 4 nitrogen and oxygen atoms in total. The third-order valence-corrected chi connectivity index (χ3v) is 3.97. The summed E-state index contributed by atoms with van der Waals surface area (Å²) in [6.45, 7) is 4.19. The molecule has 21 heavy (non-hydrogen) atoms. The Morgan fingerprint density at radius 3 is 2.52 bits per heavy atom. The Bertz CT molecular complexity index is 798. The fourth-order valence-electron chi connectivity index (χ4n) is 2.79. The number of nitrogens with zero attached hydrogens (tertiary/aromatic N) is 2. The molecular weight excluding hydrogens is 262 g/mol. The molecule has 2 aromatic heterocycles. The maximum Gasteiger partial charge on any atom is 0.327 e. The monoisotopic (exact) mass is 281 g/mol. The van der Waals surface area contributed by atoms with Gasteiger partial charge in [0.25, 0.3) is 0 Å². The Morgan fingerprint density at radius 1 is 1.14 bits per heavy atom. The highest BCUT2D eigenvalue weighted by Crippen LogP contribution is 2.23. The van der Waals surface area contributed by atoms with Crippen LogP contribution in [-0.4, -0.2) is 14.5 Å². The first-order valence-electron chi connectivity index (χ1n) is 7.40. The number of aromatic nitrogens is 3. The van der Waals surface area contributed by atoms with Crippen molar-refractivity contribution in [2.24, 2.45) is 0 Å². The average molecular weight is 281 g/mol. The van der Waals surface area contributed by atoms with E-state index >= 15 is 0 Å². The van der Waals surface area contributed by atoms with E-state index in [2.05, 4.69) is 23.8 Å². The molecule has 0 spiro atoms. The van der Waals surface area contributed by atoms with Crippen LogP contribution >= 0.6 is 0 Å². The van der Waals surface area contributed by atoms with Gasteiger partial charge in [-0.15, -0.1) is 0 Å². The number of imidazole rings is 1. The molecule has 0 atom stereocenters. The van der Waals surface area contributed by atoms with Crippen molar-refractivity contribution >= 4 is 11.2 Å². The van der Waals surface area contributed by atoms with E-state index < -0.39 is 0 Å². The normalized spacial score (nSPS) is 11.4. The van der Waals surface area contributed by atoms with Crippen LogP contribution in [0.25, 0.3) is 22.3 Å². The summed E-state index contributed by atoms with van der Waals surface area (Å²) in [5.74, 6) is 0. The SMILES string of the molecule is CCC(CC)n1c(=O)[nH]c2cc(-c3ccccc3)cnc21. The molecule has 3 aromatic rings. The van der Waals surface area contributed by atoms with Crippen LogP contribution in [0.1, 0.15) is 32.7 Å². The summed E-state index contributed by atoms with van der Waals surface area (Å²) in [6, 6.07) is 12.3. The second-order valence-electron chi connectivity index (χ2n) is 5.23. The minimum atomic E-state index is -0.0728. The molecule has 0 radical (unpaired) electrons. The number of hydrogen-bond donors (Lipinski definition) is 1. The Labute approximate surface area is 123 Å². The van der Waals surface area contributed by atoms with E-state index in [0.29, 0.717) is 0 Å². The van der Waals surface area contributed by atoms with Crippen LogP contribution in [0.4, 0.5) is 0 Å². The van der Waals surface area contributed by atoms with Gasteiger partial charge >= 0.3 is 5.69 Å². The molecule has 0 aliphatic rings. The van der Waals surface area contributed by atoms with Crippen LogP contribution in [0.3, 0.4) is 0 Å². The van der Waals surface area contributed by atoms with Crippen molar-refractivity contribution in [2.45, 2.75) is 32.7 Å². The van der Waals surface area contributed by atoms with Gasteiger partial charge in [0.1, 0.15) is 0 Å². The lowest BCUT2D eigenvalue weighted by molar-refractivity contribution is 0.469. The minimum Gasteiger partial charge on any atom is -0.304 e. The molecule has 3 rings (SSSR count). The Balaban J connectivity index is 2.15. The summed E-state index contributed by atoms with van der Waals surface area (Å²) in [5, 5.41) is 0. The molecule has 108 valence electrons. The third-order valence-electron chi connectivity index (χ3n) is 3.97. The van der Waals surface area contributed by atoms with E-state index in [1.165, 1.54) is 0 Å². The van der Waals surface area contributed by atoms with Gasteiger partial charge in [-0.1, -0.05) is 44.2 Å². The van der Waals surface area contributed by atoms with Gasteiger partial charge in [0.05, 0.1) is 5.52 Å². The molecule has 0 saturated heterocycles. The first kappa shape index (κ1) is 13.6. The van der Waals surface area contributed by atoms with E-state index in [1.807, 2.05) is 42.6 Å². The second-order valence-corrected chi connectivity index (χ2v) is 5.23. The highest BCUT2D eigenvalue weighted by atomic mass is 16.1. The summed E-state index contributed by atoms with van der Waals surface area (Å²) < 4.78 is 1.78. The van der Waals surface area contributed by atoms with Crippen molar-refractivity contribution in [3.05, 3.63) is 53.1 Å². The lowest BCUT2D eigenvalue weighted by atomic mass is 10.1. The van der Waals surface area contributed by atoms with Crippen LogP contribution in [-0.2, 0) is 0 Å². The summed E-state index contributed by atoms with van der Waals surface area (Å²) in [4.78, 5) is 19.7. The number of pyridine rings is 1. The first-order chi connectivity index (χ1) is 10.2. The van der Waals surface area contributed by atoms with Gasteiger partial charge in [-0.2, -0.15) is 0 Å². The van der Waals surface area contributed by atoms with Gasteiger partial charge < -0.3 is 4.98 Å². The van der Waals surface area contributed by atoms with Crippen LogP contribution in [0, 0.1) is 0 Å². The van der Waals surface area contributed by atoms with Gasteiger partial charge in [-0.3, -0.25) is 4.57 Å². The average Bonchev–Trinajstić information content (AvgIpc) is 2.85. The van der Waals surface area contributed by atoms with Gasteiger partial charge in [0.15, 0.2) is 5.65 Å². The van der Waals surface area contributed by atoms with E-state index in [9.17, 15) is 4.79 Å². The summed E-state index contributed by atoms with van der Waals surface area (Å²) in [7, 11) is 0. The number of hydrogen-bond acceptors (Lipinski definition) is 2. The molecule has 0 amide bonds. The standard InChI is InChI=1S/C17H19N3O/c1-3-14(4-2)20-16-15(19-17(20)21)10-13(11-18-16)12-8-6-5-7-9-12/h5-11,14H,3-4H2,1-2H3,(H,19,21). The smallest absolute Gasteiger partial charge is 0.304 e. The van der Waals surface area contributed by atoms with Gasteiger partial charge in [-0.05, 0) is 24.5 Å². The maximum absolute atomic E-state index is 12.2. The van der Waals surface area contributed by atoms with Crippen LogP contribution in [0.2, 0.25) is 0 Å². The van der Waals surface area contributed by atoms with Crippen LogP contribution < -0.4 is 5.69 Å². The first-order valence-corrected chi connectivity index (χ1v) is 7.40. The molecule has 1 aromatic carbocycles. The molecule has 0 bridgehead atoms. The Kier molecular flexibility index (Phi) is 3.60. The predicted octanol–water partition coefficient (Wildman–Crippen LogP) is 3.75. The highest BCUT2D eigenvalue weighted by molar-refractivity contribution is 5.78. The quantitative estimate of drug-likeness (QED) is 0.791. The van der Waals surface area contributed by atoms with E-state index in [-0.39, 0.29) is 11.7 Å². The zero-order valence-corrected chi connectivity index (χ0v) is 12.3. The lowest BCUT2D eigenvalue weighted by Crippen LogP contribution is -2.21. The predicted molar refractivity (Wildman–Crippen MR) is 85.4 cm³/mol. The minimum absolute atomic E-state index is 0.0728. The fourth-order valence-corrected chi connectivity index (χ4v) is 2.79. The lowest BCUT2D eigenvalue weighted by Gasteiger charge is -2.13. The summed E-state index contributed by atoms with van der Waals surface area (Å²) >= 11 is 0. The molecule has 1 N–H and O–H groups in total. The van der Waals surface area contributed by atoms with Gasteiger partial charge in [-0.25, -0.2) is 9.78 Å². The van der Waals surface area contributed by atoms with E-state index in [0.717, 1.165) is 35.1 Å². The number of aromatic amines is 1. The zero-order valence-electron chi connectivity index (χ0n) is 12.3. The van der Waals surface area contributed by atoms with Crippen molar-refractivity contribution in [2.75, 3.05) is 0 Å². The number of fused-ring (bicyclic) bond motifs is 1. The van der Waals surface area contributed by atoms with E-state index in [1.54, 1.807) is 4.57 Å². The van der Waals surface area contributed by atoms with Gasteiger partial charge in [0, 0.05) is 17.8 Å². The number of benzene rings is 1. The molecule has 0 saturated carbocycles. The third kappa shape index (κ3) is 2.37. The molecule has 0 aliphatic carbocycles. The highest BCUT2D eigenvalue weighted by Gasteiger charge is 2.15. The topological polar surface area (TPSA) is 50.7 Å². The van der Waals surface area contributed by atoms with Crippen molar-refractivity contribution in [1.82, 2.24) is 14.5 Å². The largest absolute Gasteiger partial charge is 0.327 e. The number of rotatable bonds is 4. The van der Waals surface area contributed by atoms with E-state index in [4.69, 9.17) is 0 Å². The number of H-pyrrole nitrogens is 1. The number of nitrogens with one attached hydrogen (secondary N) is 1. The molecule has 0 fully saturated rings. The molecule has 0 aliphatic heterocycles.